The van der Waals surface area contributed by atoms with Crippen molar-refractivity contribution in [3.05, 3.63) is 59.2 Å². The highest BCUT2D eigenvalue weighted by atomic mass is 19.4. The minimum absolute atomic E-state index is 0.000116. The molecule has 0 aliphatic carbocycles. The molecule has 192 valence electrons. The maximum atomic E-state index is 12.8. The molecule has 2 aromatic rings. The molecule has 0 atom stereocenters. The second kappa shape index (κ2) is 13.5. The van der Waals surface area contributed by atoms with E-state index in [0.717, 1.165) is 17.3 Å². The fourth-order valence-corrected chi connectivity index (χ4v) is 2.87. The molecule has 0 aliphatic heterocycles. The van der Waals surface area contributed by atoms with Gasteiger partial charge in [-0.15, -0.1) is 5.10 Å². The summed E-state index contributed by atoms with van der Waals surface area (Å²) in [6, 6.07) is 9.12. The summed E-state index contributed by atoms with van der Waals surface area (Å²) < 4.78 is 49.0. The number of benzene rings is 2. The van der Waals surface area contributed by atoms with Crippen LogP contribution in [0, 0.1) is 0 Å². The van der Waals surface area contributed by atoms with Crippen LogP contribution in [0.1, 0.15) is 21.5 Å². The molecule has 10 nitrogen and oxygen atoms in total. The SMILES string of the molecule is CN(N)/N=C(\N)c1cc(C(=O)NCCOCCOCCN)ccc1Nc1ccc(C(F)(F)F)cc1. The van der Waals surface area contributed by atoms with Crippen LogP contribution in [-0.2, 0) is 15.7 Å². The summed E-state index contributed by atoms with van der Waals surface area (Å²) in [6.45, 7) is 2.25. The lowest BCUT2D eigenvalue weighted by molar-refractivity contribution is -0.137. The number of nitrogens with zero attached hydrogens (tertiary/aromatic N) is 2. The van der Waals surface area contributed by atoms with Crippen molar-refractivity contribution in [2.75, 3.05) is 51.9 Å². The van der Waals surface area contributed by atoms with Gasteiger partial charge in [-0.25, -0.2) is 11.0 Å². The number of halogens is 3. The van der Waals surface area contributed by atoms with E-state index in [2.05, 4.69) is 15.7 Å². The molecule has 0 aromatic heterocycles. The van der Waals surface area contributed by atoms with Crippen LogP contribution in [0.5, 0.6) is 0 Å². The molecule has 35 heavy (non-hydrogen) atoms. The number of hydrogen-bond donors (Lipinski definition) is 5. The van der Waals surface area contributed by atoms with Crippen molar-refractivity contribution in [3.63, 3.8) is 0 Å². The highest BCUT2D eigenvalue weighted by molar-refractivity contribution is 6.05. The third kappa shape index (κ3) is 9.41. The molecule has 13 heteroatoms. The zero-order valence-electron chi connectivity index (χ0n) is 19.3. The van der Waals surface area contributed by atoms with Crippen LogP contribution in [0.3, 0.4) is 0 Å². The molecular weight excluding hydrogens is 467 g/mol. The maximum absolute atomic E-state index is 12.8. The number of amidine groups is 1. The summed E-state index contributed by atoms with van der Waals surface area (Å²) >= 11 is 0. The molecule has 0 spiro atoms. The van der Waals surface area contributed by atoms with Gasteiger partial charge in [-0.1, -0.05) is 0 Å². The summed E-state index contributed by atoms with van der Waals surface area (Å²) in [7, 11) is 1.47. The average molecular weight is 498 g/mol. The van der Waals surface area contributed by atoms with Gasteiger partial charge in [0.2, 0.25) is 0 Å². The Labute approximate surface area is 201 Å². The van der Waals surface area contributed by atoms with E-state index >= 15 is 0 Å². The van der Waals surface area contributed by atoms with Crippen molar-refractivity contribution in [3.8, 4) is 0 Å². The predicted molar refractivity (Wildman–Crippen MR) is 127 cm³/mol. The van der Waals surface area contributed by atoms with E-state index in [1.807, 2.05) is 0 Å². The largest absolute Gasteiger partial charge is 0.416 e. The summed E-state index contributed by atoms with van der Waals surface area (Å²) in [5.74, 6) is 5.18. The first-order chi connectivity index (χ1) is 16.6. The quantitative estimate of drug-likeness (QED) is 0.0920. The van der Waals surface area contributed by atoms with Crippen LogP contribution >= 0.6 is 0 Å². The number of hydrogen-bond acceptors (Lipinski definition) is 8. The van der Waals surface area contributed by atoms with E-state index in [9.17, 15) is 18.0 Å². The second-order valence-electron chi connectivity index (χ2n) is 7.29. The molecule has 0 bridgehead atoms. The van der Waals surface area contributed by atoms with Gasteiger partial charge in [-0.3, -0.25) is 4.79 Å². The number of hydrazine groups is 1. The molecule has 2 rings (SSSR count). The van der Waals surface area contributed by atoms with Crippen LogP contribution in [0.2, 0.25) is 0 Å². The fourth-order valence-electron chi connectivity index (χ4n) is 2.87. The lowest BCUT2D eigenvalue weighted by Gasteiger charge is -2.15. The smallest absolute Gasteiger partial charge is 0.382 e. The number of hydrazone groups is 1. The monoisotopic (exact) mass is 497 g/mol. The summed E-state index contributed by atoms with van der Waals surface area (Å²) in [5.41, 5.74) is 12.0. The van der Waals surface area contributed by atoms with Crippen molar-refractivity contribution in [1.29, 1.82) is 0 Å². The molecule has 0 aliphatic rings. The molecule has 0 heterocycles. The van der Waals surface area contributed by atoms with Crippen molar-refractivity contribution in [2.24, 2.45) is 22.4 Å². The van der Waals surface area contributed by atoms with Crippen LogP contribution in [-0.4, -0.2) is 63.4 Å². The zero-order chi connectivity index (χ0) is 25.8. The number of nitrogens with two attached hydrogens (primary N) is 3. The van der Waals surface area contributed by atoms with Crippen molar-refractivity contribution < 1.29 is 27.4 Å². The Morgan fingerprint density at radius 3 is 2.31 bits per heavy atom. The van der Waals surface area contributed by atoms with Crippen LogP contribution in [0.4, 0.5) is 24.5 Å². The normalized spacial score (nSPS) is 11.9. The van der Waals surface area contributed by atoms with Gasteiger partial charge in [0.05, 0.1) is 32.0 Å². The molecule has 0 fully saturated rings. The molecule has 0 saturated carbocycles. The summed E-state index contributed by atoms with van der Waals surface area (Å²) in [6.07, 6.45) is -4.44. The van der Waals surface area contributed by atoms with Crippen molar-refractivity contribution in [1.82, 2.24) is 10.4 Å². The molecule has 0 unspecified atom stereocenters. The summed E-state index contributed by atoms with van der Waals surface area (Å²) in [5, 5.41) is 10.7. The highest BCUT2D eigenvalue weighted by Crippen LogP contribution is 2.31. The van der Waals surface area contributed by atoms with E-state index in [1.165, 1.54) is 25.2 Å². The molecule has 0 saturated heterocycles. The van der Waals surface area contributed by atoms with Gasteiger partial charge in [-0.05, 0) is 42.5 Å². The Hall–Kier alpha value is -3.39. The van der Waals surface area contributed by atoms with E-state index in [0.29, 0.717) is 55.5 Å². The minimum atomic E-state index is -4.44. The third-order valence-corrected chi connectivity index (χ3v) is 4.48. The average Bonchev–Trinajstić information content (AvgIpc) is 2.80. The number of carbonyl (C=O) groups is 1. The Morgan fingerprint density at radius 2 is 1.71 bits per heavy atom. The predicted octanol–water partition coefficient (Wildman–Crippen LogP) is 1.60. The zero-order valence-corrected chi connectivity index (χ0v) is 19.3. The third-order valence-electron chi connectivity index (χ3n) is 4.48. The van der Waals surface area contributed by atoms with Crippen LogP contribution < -0.4 is 27.9 Å². The Balaban J connectivity index is 2.10. The van der Waals surface area contributed by atoms with Gasteiger partial charge in [0.15, 0.2) is 5.84 Å². The first-order valence-corrected chi connectivity index (χ1v) is 10.7. The Kier molecular flexibility index (Phi) is 10.7. The number of anilines is 2. The molecule has 0 radical (unpaired) electrons. The van der Waals surface area contributed by atoms with Gasteiger partial charge in [0, 0.05) is 42.6 Å². The van der Waals surface area contributed by atoms with Gasteiger partial charge < -0.3 is 31.6 Å². The highest BCUT2D eigenvalue weighted by Gasteiger charge is 2.30. The fraction of sp³-hybridized carbons (Fsp3) is 0.364. The number of rotatable bonds is 13. The molecule has 8 N–H and O–H groups in total. The van der Waals surface area contributed by atoms with Gasteiger partial charge in [0.1, 0.15) is 0 Å². The van der Waals surface area contributed by atoms with Crippen LogP contribution in [0.25, 0.3) is 0 Å². The number of amides is 1. The number of carbonyl (C=O) groups excluding carboxylic acids is 1. The first-order valence-electron chi connectivity index (χ1n) is 10.7. The standard InChI is InChI=1S/C22H30F3N7O3/c1-32(28)31-20(27)18-14-15(21(33)29-9-11-35-13-12-34-10-8-26)2-7-19(18)30-17-5-3-16(4-6-17)22(23,24)25/h2-7,14,30H,8-13,26,28H2,1H3,(H2,27,31)(H,29,33). The van der Waals surface area contributed by atoms with E-state index in [4.69, 9.17) is 26.8 Å². The number of alkyl halides is 3. The van der Waals surface area contributed by atoms with Crippen molar-refractivity contribution >= 4 is 23.1 Å². The van der Waals surface area contributed by atoms with Gasteiger partial charge in [0.25, 0.3) is 5.91 Å². The molecule has 1 amide bonds. The Bertz CT molecular complexity index is 983. The first kappa shape index (κ1) is 27.9. The van der Waals surface area contributed by atoms with Gasteiger partial charge >= 0.3 is 6.18 Å². The van der Waals surface area contributed by atoms with E-state index < -0.39 is 11.7 Å². The van der Waals surface area contributed by atoms with Crippen LogP contribution in [0.15, 0.2) is 47.6 Å². The lowest BCUT2D eigenvalue weighted by Crippen LogP contribution is -2.29. The second-order valence-corrected chi connectivity index (χ2v) is 7.29. The minimum Gasteiger partial charge on any atom is -0.382 e. The van der Waals surface area contributed by atoms with Gasteiger partial charge in [-0.2, -0.15) is 13.2 Å². The number of ether oxygens (including phenoxy) is 2. The van der Waals surface area contributed by atoms with Crippen molar-refractivity contribution in [2.45, 2.75) is 6.18 Å². The Morgan fingerprint density at radius 1 is 1.06 bits per heavy atom. The maximum Gasteiger partial charge on any atom is 0.416 e. The summed E-state index contributed by atoms with van der Waals surface area (Å²) in [4.78, 5) is 12.6. The lowest BCUT2D eigenvalue weighted by atomic mass is 10.1. The molecule has 2 aromatic carbocycles. The van der Waals surface area contributed by atoms with E-state index in [1.54, 1.807) is 12.1 Å². The van der Waals surface area contributed by atoms with E-state index in [-0.39, 0.29) is 18.3 Å². The molecular formula is C22H30F3N7O3. The topological polar surface area (TPSA) is 153 Å². The number of nitrogens with one attached hydrogen (secondary N) is 2.